The Kier molecular flexibility index (Phi) is 6.63. The topological polar surface area (TPSA) is 84.5 Å². The van der Waals surface area contributed by atoms with Crippen LogP contribution in [0.2, 0.25) is 5.02 Å². The zero-order valence-corrected chi connectivity index (χ0v) is 16.3. The Bertz CT molecular complexity index is 900. The molecule has 0 fully saturated rings. The third-order valence-electron chi connectivity index (χ3n) is 3.80. The molecular weight excluding hydrogens is 376 g/mol. The normalized spacial score (nSPS) is 12.5. The first-order valence-electron chi connectivity index (χ1n) is 8.03. The van der Waals surface area contributed by atoms with Gasteiger partial charge < -0.3 is 10.1 Å². The predicted molar refractivity (Wildman–Crippen MR) is 102 cm³/mol. The number of benzene rings is 2. The molecular formula is C18H21ClN2O4S. The Morgan fingerprint density at radius 1 is 1.23 bits per heavy atom. The molecule has 0 saturated heterocycles. The summed E-state index contributed by atoms with van der Waals surface area (Å²) in [7, 11) is -2.64. The Morgan fingerprint density at radius 3 is 2.58 bits per heavy atom. The second-order valence-electron chi connectivity index (χ2n) is 5.64. The van der Waals surface area contributed by atoms with Crippen LogP contribution in [-0.4, -0.2) is 27.5 Å². The maximum Gasteiger partial charge on any atom is 0.245 e. The Balaban J connectivity index is 2.19. The number of carbonyl (C=O) groups excluding carboxylic acids is 1. The van der Waals surface area contributed by atoms with Crippen molar-refractivity contribution in [1.82, 2.24) is 4.72 Å². The molecule has 2 N–H and O–H groups in total. The summed E-state index contributed by atoms with van der Waals surface area (Å²) >= 11 is 5.89. The van der Waals surface area contributed by atoms with E-state index < -0.39 is 22.0 Å². The van der Waals surface area contributed by atoms with Crippen LogP contribution in [0.4, 0.5) is 5.69 Å². The van der Waals surface area contributed by atoms with Crippen LogP contribution in [0.25, 0.3) is 0 Å². The van der Waals surface area contributed by atoms with Crippen LogP contribution in [0.1, 0.15) is 19.4 Å². The molecule has 0 radical (unpaired) electrons. The van der Waals surface area contributed by atoms with E-state index in [0.717, 1.165) is 12.0 Å². The molecule has 0 unspecified atom stereocenters. The summed E-state index contributed by atoms with van der Waals surface area (Å²) in [6.45, 7) is 3.45. The zero-order chi connectivity index (χ0) is 19.3. The monoisotopic (exact) mass is 396 g/mol. The minimum atomic E-state index is -4.00. The molecule has 0 spiro atoms. The lowest BCUT2D eigenvalue weighted by atomic mass is 10.1. The van der Waals surface area contributed by atoms with Crippen LogP contribution in [0.5, 0.6) is 5.75 Å². The average Bonchev–Trinajstić information content (AvgIpc) is 2.61. The lowest BCUT2D eigenvalue weighted by Gasteiger charge is -2.17. The average molecular weight is 397 g/mol. The van der Waals surface area contributed by atoms with E-state index in [-0.39, 0.29) is 15.7 Å². The van der Waals surface area contributed by atoms with Crippen molar-refractivity contribution in [2.24, 2.45) is 0 Å². The third-order valence-corrected chi connectivity index (χ3v) is 5.59. The number of rotatable bonds is 7. The van der Waals surface area contributed by atoms with E-state index in [9.17, 15) is 13.2 Å². The molecule has 8 heteroatoms. The minimum Gasteiger partial charge on any atom is -0.495 e. The molecule has 0 saturated carbocycles. The highest BCUT2D eigenvalue weighted by Crippen LogP contribution is 2.27. The van der Waals surface area contributed by atoms with E-state index in [1.54, 1.807) is 12.1 Å². The molecule has 0 bridgehead atoms. The van der Waals surface area contributed by atoms with Crippen molar-refractivity contribution in [2.45, 2.75) is 31.2 Å². The van der Waals surface area contributed by atoms with Gasteiger partial charge in [-0.3, -0.25) is 4.79 Å². The molecule has 26 heavy (non-hydrogen) atoms. The number of nitrogens with one attached hydrogen (secondary N) is 2. The van der Waals surface area contributed by atoms with Gasteiger partial charge in [0.05, 0.1) is 13.2 Å². The van der Waals surface area contributed by atoms with Gasteiger partial charge in [0.15, 0.2) is 0 Å². The first kappa shape index (κ1) is 20.2. The highest BCUT2D eigenvalue weighted by molar-refractivity contribution is 7.89. The number of ether oxygens (including phenoxy) is 1. The van der Waals surface area contributed by atoms with Gasteiger partial charge in [0.2, 0.25) is 15.9 Å². The molecule has 6 nitrogen and oxygen atoms in total. The van der Waals surface area contributed by atoms with Gasteiger partial charge in [-0.1, -0.05) is 36.7 Å². The van der Waals surface area contributed by atoms with Gasteiger partial charge in [0.1, 0.15) is 10.6 Å². The van der Waals surface area contributed by atoms with Crippen molar-refractivity contribution >= 4 is 33.2 Å². The molecule has 140 valence electrons. The molecule has 1 amide bonds. The molecule has 0 aliphatic heterocycles. The second kappa shape index (κ2) is 8.53. The summed E-state index contributed by atoms with van der Waals surface area (Å²) in [6.07, 6.45) is 0.746. The number of hydrogen-bond donors (Lipinski definition) is 2. The van der Waals surface area contributed by atoms with Crippen LogP contribution in [-0.2, 0) is 21.2 Å². The number of halogens is 1. The highest BCUT2D eigenvalue weighted by Gasteiger charge is 2.25. The first-order valence-corrected chi connectivity index (χ1v) is 9.89. The molecule has 2 aromatic rings. The number of hydrogen-bond acceptors (Lipinski definition) is 4. The molecule has 1 atom stereocenters. The Labute approximate surface area is 158 Å². The fourth-order valence-corrected chi connectivity index (χ4v) is 4.04. The van der Waals surface area contributed by atoms with Gasteiger partial charge in [0, 0.05) is 10.7 Å². The number of sulfonamides is 1. The molecule has 0 aliphatic carbocycles. The summed E-state index contributed by atoms with van der Waals surface area (Å²) in [4.78, 5) is 12.3. The molecule has 0 aromatic heterocycles. The second-order valence-corrected chi connectivity index (χ2v) is 7.76. The fraction of sp³-hybridized carbons (Fsp3) is 0.278. The van der Waals surface area contributed by atoms with Crippen LogP contribution < -0.4 is 14.8 Å². The van der Waals surface area contributed by atoms with E-state index in [2.05, 4.69) is 10.0 Å². The van der Waals surface area contributed by atoms with Gasteiger partial charge in [-0.05, 0) is 43.2 Å². The predicted octanol–water partition coefficient (Wildman–Crippen LogP) is 3.22. The standard InChI is InChI=1S/C18H21ClN2O4S/c1-4-13-7-5-6-8-15(13)20-18(22)12(2)21-26(23,24)17-11-14(19)9-10-16(17)25-3/h5-12,21H,4H2,1-3H3,(H,20,22)/t12-/m1/s1. The molecule has 0 heterocycles. The maximum absolute atomic E-state index is 12.6. The summed E-state index contributed by atoms with van der Waals surface area (Å²) in [5.74, 6) is -0.318. The van der Waals surface area contributed by atoms with Gasteiger partial charge in [-0.25, -0.2) is 8.42 Å². The summed E-state index contributed by atoms with van der Waals surface area (Å²) in [6, 6.07) is 10.6. The number of amides is 1. The number of methoxy groups -OCH3 is 1. The van der Waals surface area contributed by atoms with Gasteiger partial charge in [-0.2, -0.15) is 4.72 Å². The van der Waals surface area contributed by atoms with E-state index in [1.807, 2.05) is 19.1 Å². The molecule has 2 rings (SSSR count). The van der Waals surface area contributed by atoms with E-state index in [0.29, 0.717) is 5.69 Å². The van der Waals surface area contributed by atoms with Crippen LogP contribution >= 0.6 is 11.6 Å². The van der Waals surface area contributed by atoms with Crippen LogP contribution in [0.3, 0.4) is 0 Å². The van der Waals surface area contributed by atoms with Gasteiger partial charge in [-0.15, -0.1) is 0 Å². The van der Waals surface area contributed by atoms with E-state index >= 15 is 0 Å². The molecule has 2 aromatic carbocycles. The van der Waals surface area contributed by atoms with E-state index in [4.69, 9.17) is 16.3 Å². The summed E-state index contributed by atoms with van der Waals surface area (Å²) in [5.41, 5.74) is 1.62. The summed E-state index contributed by atoms with van der Waals surface area (Å²) < 4.78 is 32.7. The summed E-state index contributed by atoms with van der Waals surface area (Å²) in [5, 5.41) is 3.00. The Morgan fingerprint density at radius 2 is 1.92 bits per heavy atom. The fourth-order valence-electron chi connectivity index (χ4n) is 2.40. The van der Waals surface area contributed by atoms with Crippen LogP contribution in [0.15, 0.2) is 47.4 Å². The van der Waals surface area contributed by atoms with Crippen molar-refractivity contribution in [3.8, 4) is 5.75 Å². The number of aryl methyl sites for hydroxylation is 1. The third kappa shape index (κ3) is 4.75. The quantitative estimate of drug-likeness (QED) is 0.752. The van der Waals surface area contributed by atoms with Crippen molar-refractivity contribution in [3.05, 3.63) is 53.1 Å². The van der Waals surface area contributed by atoms with Crippen molar-refractivity contribution in [2.75, 3.05) is 12.4 Å². The van der Waals surface area contributed by atoms with Crippen molar-refractivity contribution in [3.63, 3.8) is 0 Å². The lowest BCUT2D eigenvalue weighted by molar-refractivity contribution is -0.117. The maximum atomic E-state index is 12.6. The lowest BCUT2D eigenvalue weighted by Crippen LogP contribution is -2.41. The van der Waals surface area contributed by atoms with Crippen molar-refractivity contribution < 1.29 is 17.9 Å². The van der Waals surface area contributed by atoms with Crippen molar-refractivity contribution in [1.29, 1.82) is 0 Å². The molecule has 0 aliphatic rings. The van der Waals surface area contributed by atoms with E-state index in [1.165, 1.54) is 32.2 Å². The Hall–Kier alpha value is -2.09. The first-order chi connectivity index (χ1) is 12.3. The number of carbonyl (C=O) groups is 1. The minimum absolute atomic E-state index is 0.124. The number of anilines is 1. The smallest absolute Gasteiger partial charge is 0.245 e. The number of para-hydroxylation sites is 1. The highest BCUT2D eigenvalue weighted by atomic mass is 35.5. The zero-order valence-electron chi connectivity index (χ0n) is 14.7. The van der Waals surface area contributed by atoms with Gasteiger partial charge >= 0.3 is 0 Å². The SMILES string of the molecule is CCc1ccccc1NC(=O)[C@@H](C)NS(=O)(=O)c1cc(Cl)ccc1OC. The van der Waals surface area contributed by atoms with Gasteiger partial charge in [0.25, 0.3) is 0 Å². The largest absolute Gasteiger partial charge is 0.495 e. The van der Waals surface area contributed by atoms with Crippen LogP contribution in [0, 0.1) is 0 Å².